The standard InChI is InChI=1S/C29H34N2O3/c1-22(2)18-19-30-29(33)28(25-12-8-5-9-13-25)31(21-24-14-16-26(34-3)17-15-24)27(32)20-23-10-6-4-7-11-23/h4-17,22,28H,18-21H2,1-3H3,(H,30,33). The molecule has 178 valence electrons. The SMILES string of the molecule is COc1ccc(CN(C(=O)Cc2ccccc2)C(C(=O)NCCC(C)C)c2ccccc2)cc1. The third kappa shape index (κ3) is 7.20. The van der Waals surface area contributed by atoms with Crippen LogP contribution in [0.5, 0.6) is 5.75 Å². The second kappa shape index (κ2) is 12.6. The van der Waals surface area contributed by atoms with Crippen LogP contribution in [0.15, 0.2) is 84.9 Å². The van der Waals surface area contributed by atoms with Crippen molar-refractivity contribution in [2.75, 3.05) is 13.7 Å². The summed E-state index contributed by atoms with van der Waals surface area (Å²) in [6.45, 7) is 5.14. The van der Waals surface area contributed by atoms with E-state index in [2.05, 4.69) is 19.2 Å². The number of hydrogen-bond donors (Lipinski definition) is 1. The number of nitrogens with zero attached hydrogens (tertiary/aromatic N) is 1. The van der Waals surface area contributed by atoms with E-state index in [-0.39, 0.29) is 18.2 Å². The Morgan fingerprint density at radius 3 is 2.06 bits per heavy atom. The summed E-state index contributed by atoms with van der Waals surface area (Å²) >= 11 is 0. The van der Waals surface area contributed by atoms with Crippen LogP contribution in [0.25, 0.3) is 0 Å². The number of carbonyl (C=O) groups is 2. The Balaban J connectivity index is 1.95. The van der Waals surface area contributed by atoms with Crippen LogP contribution < -0.4 is 10.1 Å². The van der Waals surface area contributed by atoms with Gasteiger partial charge in [0.2, 0.25) is 11.8 Å². The molecule has 0 heterocycles. The Kier molecular flexibility index (Phi) is 9.27. The van der Waals surface area contributed by atoms with E-state index < -0.39 is 6.04 Å². The molecule has 0 aromatic heterocycles. The molecule has 3 rings (SSSR count). The van der Waals surface area contributed by atoms with Gasteiger partial charge in [-0.3, -0.25) is 9.59 Å². The van der Waals surface area contributed by atoms with E-state index in [9.17, 15) is 9.59 Å². The van der Waals surface area contributed by atoms with Crippen molar-refractivity contribution in [1.29, 1.82) is 0 Å². The largest absolute Gasteiger partial charge is 0.497 e. The van der Waals surface area contributed by atoms with Gasteiger partial charge in [-0.05, 0) is 41.2 Å². The fourth-order valence-electron chi connectivity index (χ4n) is 3.81. The van der Waals surface area contributed by atoms with Crippen molar-refractivity contribution in [2.45, 2.75) is 39.3 Å². The molecule has 5 heteroatoms. The van der Waals surface area contributed by atoms with Crippen LogP contribution >= 0.6 is 0 Å². The number of rotatable bonds is 11. The summed E-state index contributed by atoms with van der Waals surface area (Å²) in [6.07, 6.45) is 1.10. The normalized spacial score (nSPS) is 11.6. The average molecular weight is 459 g/mol. The zero-order chi connectivity index (χ0) is 24.3. The molecular formula is C29H34N2O3. The van der Waals surface area contributed by atoms with Gasteiger partial charge in [0.15, 0.2) is 0 Å². The van der Waals surface area contributed by atoms with Gasteiger partial charge < -0.3 is 15.0 Å². The van der Waals surface area contributed by atoms with Gasteiger partial charge in [0.25, 0.3) is 0 Å². The highest BCUT2D eigenvalue weighted by Crippen LogP contribution is 2.25. The second-order valence-electron chi connectivity index (χ2n) is 8.82. The Bertz CT molecular complexity index is 1030. The fourth-order valence-corrected chi connectivity index (χ4v) is 3.81. The summed E-state index contributed by atoms with van der Waals surface area (Å²) in [4.78, 5) is 28.8. The number of benzene rings is 3. The van der Waals surface area contributed by atoms with E-state index in [0.717, 1.165) is 28.9 Å². The van der Waals surface area contributed by atoms with Crippen molar-refractivity contribution in [3.8, 4) is 5.75 Å². The number of ether oxygens (including phenoxy) is 1. The monoisotopic (exact) mass is 458 g/mol. The lowest BCUT2D eigenvalue weighted by molar-refractivity contribution is -0.141. The molecule has 0 aliphatic carbocycles. The first-order valence-corrected chi connectivity index (χ1v) is 11.8. The summed E-state index contributed by atoms with van der Waals surface area (Å²) in [6, 6.07) is 26.0. The number of amides is 2. The quantitative estimate of drug-likeness (QED) is 0.431. The molecule has 0 saturated heterocycles. The van der Waals surface area contributed by atoms with Gasteiger partial charge in [0, 0.05) is 13.1 Å². The molecular weight excluding hydrogens is 424 g/mol. The average Bonchev–Trinajstić information content (AvgIpc) is 2.85. The summed E-state index contributed by atoms with van der Waals surface area (Å²) in [5.41, 5.74) is 2.64. The van der Waals surface area contributed by atoms with Crippen LogP contribution in [0, 0.1) is 5.92 Å². The highest BCUT2D eigenvalue weighted by atomic mass is 16.5. The molecule has 0 aliphatic rings. The first-order valence-electron chi connectivity index (χ1n) is 11.8. The van der Waals surface area contributed by atoms with Crippen molar-refractivity contribution in [3.05, 3.63) is 102 Å². The lowest BCUT2D eigenvalue weighted by atomic mass is 10.0. The Hall–Kier alpha value is -3.60. The van der Waals surface area contributed by atoms with Gasteiger partial charge in [-0.1, -0.05) is 86.6 Å². The van der Waals surface area contributed by atoms with Crippen LogP contribution in [0.1, 0.15) is 43.0 Å². The highest BCUT2D eigenvalue weighted by molar-refractivity contribution is 5.89. The minimum atomic E-state index is -0.730. The molecule has 3 aromatic carbocycles. The van der Waals surface area contributed by atoms with Crippen LogP contribution in [-0.2, 0) is 22.6 Å². The van der Waals surface area contributed by atoms with Crippen molar-refractivity contribution in [1.82, 2.24) is 10.2 Å². The fraction of sp³-hybridized carbons (Fsp3) is 0.310. The zero-order valence-electron chi connectivity index (χ0n) is 20.2. The van der Waals surface area contributed by atoms with E-state index in [1.807, 2.05) is 84.9 Å². The third-order valence-corrected chi connectivity index (χ3v) is 5.73. The molecule has 1 unspecified atom stereocenters. The van der Waals surface area contributed by atoms with E-state index >= 15 is 0 Å². The molecule has 0 spiro atoms. The number of methoxy groups -OCH3 is 1. The van der Waals surface area contributed by atoms with Crippen molar-refractivity contribution in [2.24, 2.45) is 5.92 Å². The minimum absolute atomic E-state index is 0.102. The molecule has 1 atom stereocenters. The Morgan fingerprint density at radius 1 is 0.853 bits per heavy atom. The molecule has 0 aliphatic heterocycles. The third-order valence-electron chi connectivity index (χ3n) is 5.73. The van der Waals surface area contributed by atoms with Gasteiger partial charge in [-0.15, -0.1) is 0 Å². The van der Waals surface area contributed by atoms with E-state index in [1.165, 1.54) is 0 Å². The van der Waals surface area contributed by atoms with E-state index in [4.69, 9.17) is 4.74 Å². The molecule has 5 nitrogen and oxygen atoms in total. The van der Waals surface area contributed by atoms with Crippen molar-refractivity contribution < 1.29 is 14.3 Å². The smallest absolute Gasteiger partial charge is 0.247 e. The maximum absolute atomic E-state index is 13.7. The number of nitrogens with one attached hydrogen (secondary N) is 1. The first-order chi connectivity index (χ1) is 16.5. The molecule has 1 N–H and O–H groups in total. The van der Waals surface area contributed by atoms with Crippen LogP contribution in [0.3, 0.4) is 0 Å². The Labute approximate surface area is 202 Å². The lowest BCUT2D eigenvalue weighted by Gasteiger charge is -2.32. The van der Waals surface area contributed by atoms with Crippen LogP contribution in [0.4, 0.5) is 0 Å². The molecule has 0 bridgehead atoms. The molecule has 2 amide bonds. The number of hydrogen-bond acceptors (Lipinski definition) is 3. The summed E-state index contributed by atoms with van der Waals surface area (Å²) < 4.78 is 5.27. The Morgan fingerprint density at radius 2 is 1.47 bits per heavy atom. The zero-order valence-corrected chi connectivity index (χ0v) is 20.2. The predicted octanol–water partition coefficient (Wildman–Crippen LogP) is 5.17. The van der Waals surface area contributed by atoms with Gasteiger partial charge in [0.05, 0.1) is 13.5 Å². The van der Waals surface area contributed by atoms with Gasteiger partial charge in [0.1, 0.15) is 11.8 Å². The topological polar surface area (TPSA) is 58.6 Å². The van der Waals surface area contributed by atoms with E-state index in [1.54, 1.807) is 12.0 Å². The van der Waals surface area contributed by atoms with Gasteiger partial charge >= 0.3 is 0 Å². The maximum atomic E-state index is 13.7. The van der Waals surface area contributed by atoms with Crippen molar-refractivity contribution >= 4 is 11.8 Å². The molecule has 0 saturated carbocycles. The van der Waals surface area contributed by atoms with Crippen molar-refractivity contribution in [3.63, 3.8) is 0 Å². The lowest BCUT2D eigenvalue weighted by Crippen LogP contribution is -2.44. The molecule has 34 heavy (non-hydrogen) atoms. The van der Waals surface area contributed by atoms with Crippen LogP contribution in [-0.4, -0.2) is 30.4 Å². The molecule has 0 fully saturated rings. The van der Waals surface area contributed by atoms with E-state index in [0.29, 0.717) is 19.0 Å². The highest BCUT2D eigenvalue weighted by Gasteiger charge is 2.31. The maximum Gasteiger partial charge on any atom is 0.247 e. The first kappa shape index (κ1) is 25.0. The molecule has 3 aromatic rings. The van der Waals surface area contributed by atoms with Gasteiger partial charge in [-0.25, -0.2) is 0 Å². The summed E-state index contributed by atoms with van der Waals surface area (Å²) in [7, 11) is 1.62. The van der Waals surface area contributed by atoms with Crippen LogP contribution in [0.2, 0.25) is 0 Å². The predicted molar refractivity (Wildman–Crippen MR) is 135 cm³/mol. The van der Waals surface area contributed by atoms with Gasteiger partial charge in [-0.2, -0.15) is 0 Å². The summed E-state index contributed by atoms with van der Waals surface area (Å²) in [5.74, 6) is 0.958. The second-order valence-corrected chi connectivity index (χ2v) is 8.82. The molecule has 0 radical (unpaired) electrons. The minimum Gasteiger partial charge on any atom is -0.497 e. The summed E-state index contributed by atoms with van der Waals surface area (Å²) in [5, 5.41) is 3.06. The number of carbonyl (C=O) groups excluding carboxylic acids is 2.